The third-order valence-corrected chi connectivity index (χ3v) is 7.63. The molecule has 0 aromatic heterocycles. The van der Waals surface area contributed by atoms with Gasteiger partial charge in [-0.15, -0.1) is 0 Å². The summed E-state index contributed by atoms with van der Waals surface area (Å²) in [6.45, 7) is 0.683. The van der Waals surface area contributed by atoms with Crippen molar-refractivity contribution in [2.75, 3.05) is 17.1 Å². The first kappa shape index (κ1) is 28.8. The Morgan fingerprint density at radius 1 is 1.11 bits per heavy atom. The Kier molecular flexibility index (Phi) is 9.12. The number of nitrogens with one attached hydrogen (secondary N) is 1. The van der Waals surface area contributed by atoms with Gasteiger partial charge in [0.25, 0.3) is 0 Å². The summed E-state index contributed by atoms with van der Waals surface area (Å²) in [5.41, 5.74) is -0.756. The number of hydrogen-bond acceptors (Lipinski definition) is 4. The molecule has 2 aromatic carbocycles. The van der Waals surface area contributed by atoms with E-state index in [1.54, 1.807) is 24.3 Å². The second kappa shape index (κ2) is 11.7. The predicted octanol–water partition coefficient (Wildman–Crippen LogP) is 4.60. The minimum absolute atomic E-state index is 0.00398. The van der Waals surface area contributed by atoms with Crippen LogP contribution in [-0.4, -0.2) is 50.0 Å². The van der Waals surface area contributed by atoms with Crippen molar-refractivity contribution < 1.29 is 31.2 Å². The number of hydrogen-bond donors (Lipinski definition) is 1. The lowest BCUT2D eigenvalue weighted by Crippen LogP contribution is -2.52. The molecule has 1 N–H and O–H groups in total. The third-order valence-electron chi connectivity index (χ3n) is 6.25. The van der Waals surface area contributed by atoms with Crippen LogP contribution in [0.1, 0.15) is 43.7 Å². The standard InChI is InChI=1S/C25H29ClF3N3O4S/c1-17(24(34)30-21-10-3-4-11-21)31(15-18-7-5-9-20(26)13-18)23(33)16-32(37(2,35)36)22-12-6-8-19(14-22)25(27,28)29/h5-9,12-14,17,21H,3-4,10-11,15-16H2,1-2H3,(H,30,34)/t17-/m1/s1. The van der Waals surface area contributed by atoms with E-state index in [1.165, 1.54) is 17.9 Å². The molecular formula is C25H29ClF3N3O4S. The Morgan fingerprint density at radius 3 is 2.35 bits per heavy atom. The number of sulfonamides is 1. The minimum Gasteiger partial charge on any atom is -0.352 e. The summed E-state index contributed by atoms with van der Waals surface area (Å²) in [6, 6.07) is 9.40. The molecule has 0 bridgehead atoms. The van der Waals surface area contributed by atoms with Gasteiger partial charge in [-0.2, -0.15) is 13.2 Å². The zero-order valence-electron chi connectivity index (χ0n) is 20.5. The number of nitrogens with zero attached hydrogens (tertiary/aromatic N) is 2. The van der Waals surface area contributed by atoms with Crippen LogP contribution in [0.3, 0.4) is 0 Å². The van der Waals surface area contributed by atoms with E-state index in [0.717, 1.165) is 44.1 Å². The topological polar surface area (TPSA) is 86.8 Å². The molecule has 0 aliphatic heterocycles. The molecule has 1 atom stereocenters. The van der Waals surface area contributed by atoms with Crippen LogP contribution in [0, 0.1) is 0 Å². The number of alkyl halides is 3. The van der Waals surface area contributed by atoms with Crippen molar-refractivity contribution in [3.05, 3.63) is 64.7 Å². The smallest absolute Gasteiger partial charge is 0.352 e. The molecule has 2 aromatic rings. The SMILES string of the molecule is C[C@H](C(=O)NC1CCCC1)N(Cc1cccc(Cl)c1)C(=O)CN(c1cccc(C(F)(F)F)c1)S(C)(=O)=O. The van der Waals surface area contributed by atoms with Gasteiger partial charge in [-0.05, 0) is 55.7 Å². The van der Waals surface area contributed by atoms with Crippen LogP contribution in [0.2, 0.25) is 5.02 Å². The number of rotatable bonds is 9. The van der Waals surface area contributed by atoms with Crippen molar-refractivity contribution in [3.8, 4) is 0 Å². The molecule has 1 saturated carbocycles. The van der Waals surface area contributed by atoms with Crippen molar-refractivity contribution in [2.45, 2.75) is 57.4 Å². The second-order valence-electron chi connectivity index (χ2n) is 9.14. The van der Waals surface area contributed by atoms with Crippen molar-refractivity contribution in [1.82, 2.24) is 10.2 Å². The largest absolute Gasteiger partial charge is 0.416 e. The van der Waals surface area contributed by atoms with Gasteiger partial charge in [-0.25, -0.2) is 8.42 Å². The predicted molar refractivity (Wildman–Crippen MR) is 135 cm³/mol. The summed E-state index contributed by atoms with van der Waals surface area (Å²) in [7, 11) is -4.16. The number of carbonyl (C=O) groups is 2. The highest BCUT2D eigenvalue weighted by Crippen LogP contribution is 2.32. The fraction of sp³-hybridized carbons (Fsp3) is 0.440. The van der Waals surface area contributed by atoms with Gasteiger partial charge in [0, 0.05) is 17.6 Å². The maximum Gasteiger partial charge on any atom is 0.416 e. The van der Waals surface area contributed by atoms with E-state index >= 15 is 0 Å². The first-order valence-corrected chi connectivity index (χ1v) is 14.0. The first-order chi connectivity index (χ1) is 17.3. The fourth-order valence-corrected chi connectivity index (χ4v) is 5.31. The second-order valence-corrected chi connectivity index (χ2v) is 11.5. The Balaban J connectivity index is 1.92. The van der Waals surface area contributed by atoms with E-state index in [-0.39, 0.29) is 18.3 Å². The molecule has 3 rings (SSSR count). The molecule has 0 unspecified atom stereocenters. The van der Waals surface area contributed by atoms with Gasteiger partial charge in [0.2, 0.25) is 21.8 Å². The van der Waals surface area contributed by atoms with E-state index in [0.29, 0.717) is 21.0 Å². The van der Waals surface area contributed by atoms with Gasteiger partial charge in [0.1, 0.15) is 12.6 Å². The molecule has 1 aliphatic rings. The monoisotopic (exact) mass is 559 g/mol. The molecule has 1 fully saturated rings. The van der Waals surface area contributed by atoms with E-state index < -0.39 is 46.2 Å². The quantitative estimate of drug-likeness (QED) is 0.486. The molecule has 0 saturated heterocycles. The zero-order chi connectivity index (χ0) is 27.4. The summed E-state index contributed by atoms with van der Waals surface area (Å²) >= 11 is 6.08. The highest BCUT2D eigenvalue weighted by molar-refractivity contribution is 7.92. The number of benzene rings is 2. The van der Waals surface area contributed by atoms with Gasteiger partial charge < -0.3 is 10.2 Å². The molecule has 7 nitrogen and oxygen atoms in total. The van der Waals surface area contributed by atoms with Gasteiger partial charge in [0.15, 0.2) is 0 Å². The molecule has 202 valence electrons. The average molecular weight is 560 g/mol. The third kappa shape index (κ3) is 7.85. The van der Waals surface area contributed by atoms with Crippen LogP contribution >= 0.6 is 11.6 Å². The summed E-state index contributed by atoms with van der Waals surface area (Å²) in [6.07, 6.45) is -0.251. The van der Waals surface area contributed by atoms with E-state index in [9.17, 15) is 31.2 Å². The molecule has 0 heterocycles. The molecule has 37 heavy (non-hydrogen) atoms. The normalized spacial score (nSPS) is 15.3. The number of carbonyl (C=O) groups excluding carboxylic acids is 2. The zero-order valence-corrected chi connectivity index (χ0v) is 22.0. The first-order valence-electron chi connectivity index (χ1n) is 11.7. The number of amides is 2. The van der Waals surface area contributed by atoms with E-state index in [4.69, 9.17) is 11.6 Å². The van der Waals surface area contributed by atoms with Crippen LogP contribution in [0.5, 0.6) is 0 Å². The van der Waals surface area contributed by atoms with Crippen LogP contribution in [0.4, 0.5) is 18.9 Å². The lowest BCUT2D eigenvalue weighted by Gasteiger charge is -2.32. The summed E-state index contributed by atoms with van der Waals surface area (Å²) in [5, 5.41) is 3.35. The lowest BCUT2D eigenvalue weighted by atomic mass is 10.1. The highest BCUT2D eigenvalue weighted by atomic mass is 35.5. The Morgan fingerprint density at radius 2 is 1.76 bits per heavy atom. The number of anilines is 1. The molecule has 12 heteroatoms. The van der Waals surface area contributed by atoms with Crippen molar-refractivity contribution in [3.63, 3.8) is 0 Å². The molecular weight excluding hydrogens is 531 g/mol. The van der Waals surface area contributed by atoms with E-state index in [1.807, 2.05) is 0 Å². The van der Waals surface area contributed by atoms with Crippen molar-refractivity contribution in [2.24, 2.45) is 0 Å². The summed E-state index contributed by atoms with van der Waals surface area (Å²) < 4.78 is 65.5. The van der Waals surface area contributed by atoms with Crippen LogP contribution in [0.15, 0.2) is 48.5 Å². The van der Waals surface area contributed by atoms with Gasteiger partial charge in [0.05, 0.1) is 17.5 Å². The van der Waals surface area contributed by atoms with E-state index in [2.05, 4.69) is 5.32 Å². The fourth-order valence-electron chi connectivity index (χ4n) is 4.26. The summed E-state index contributed by atoms with van der Waals surface area (Å²) in [5.74, 6) is -1.15. The van der Waals surface area contributed by atoms with Crippen LogP contribution < -0.4 is 9.62 Å². The molecule has 1 aliphatic carbocycles. The van der Waals surface area contributed by atoms with Crippen LogP contribution in [0.25, 0.3) is 0 Å². The van der Waals surface area contributed by atoms with Crippen LogP contribution in [-0.2, 0) is 32.3 Å². The maximum atomic E-state index is 13.5. The minimum atomic E-state index is -4.70. The Bertz CT molecular complexity index is 1230. The average Bonchev–Trinajstić information content (AvgIpc) is 3.32. The van der Waals surface area contributed by atoms with Crippen molar-refractivity contribution >= 4 is 39.1 Å². The molecule has 0 spiro atoms. The lowest BCUT2D eigenvalue weighted by molar-refractivity contribution is -0.139. The van der Waals surface area contributed by atoms with Gasteiger partial charge in [-0.1, -0.05) is 42.6 Å². The maximum absolute atomic E-state index is 13.5. The molecule has 0 radical (unpaired) electrons. The summed E-state index contributed by atoms with van der Waals surface area (Å²) in [4.78, 5) is 27.7. The molecule has 2 amide bonds. The Labute approximate surface area is 219 Å². The number of halogens is 4. The highest BCUT2D eigenvalue weighted by Gasteiger charge is 2.34. The van der Waals surface area contributed by atoms with Gasteiger partial charge >= 0.3 is 6.18 Å². The Hall–Kier alpha value is -2.79. The van der Waals surface area contributed by atoms with Gasteiger partial charge in [-0.3, -0.25) is 13.9 Å². The van der Waals surface area contributed by atoms with Crippen molar-refractivity contribution in [1.29, 1.82) is 0 Å².